The van der Waals surface area contributed by atoms with Crippen molar-refractivity contribution < 1.29 is 0 Å². The molecule has 0 aliphatic carbocycles. The SMILES string of the molecule is C/C=C\C(=C/C)c1ccc(-c2ccc3c(c2)c2c4ccccc4ccc2c2nc4ccccc4n32)cc1. The van der Waals surface area contributed by atoms with Gasteiger partial charge in [0.1, 0.15) is 5.65 Å². The van der Waals surface area contributed by atoms with E-state index in [9.17, 15) is 0 Å². The van der Waals surface area contributed by atoms with Gasteiger partial charge in [0, 0.05) is 16.2 Å². The van der Waals surface area contributed by atoms with Crippen LogP contribution in [-0.4, -0.2) is 9.38 Å². The van der Waals surface area contributed by atoms with E-state index in [0.29, 0.717) is 0 Å². The van der Waals surface area contributed by atoms with Crippen molar-refractivity contribution in [2.75, 3.05) is 0 Å². The van der Waals surface area contributed by atoms with E-state index in [1.807, 2.05) is 0 Å². The number of allylic oxidation sites excluding steroid dienone is 4. The average Bonchev–Trinajstić information content (AvgIpc) is 3.35. The number of hydrogen-bond donors (Lipinski definition) is 0. The molecule has 0 fully saturated rings. The Morgan fingerprint density at radius 3 is 2.30 bits per heavy atom. The van der Waals surface area contributed by atoms with Gasteiger partial charge in [-0.15, -0.1) is 0 Å². The lowest BCUT2D eigenvalue weighted by atomic mass is 9.95. The highest BCUT2D eigenvalue weighted by Gasteiger charge is 2.16. The van der Waals surface area contributed by atoms with E-state index in [1.54, 1.807) is 0 Å². The second-order valence-electron chi connectivity index (χ2n) is 9.52. The third kappa shape index (κ3) is 3.30. The Balaban J connectivity index is 1.56. The summed E-state index contributed by atoms with van der Waals surface area (Å²) in [7, 11) is 0. The molecule has 37 heavy (non-hydrogen) atoms. The predicted octanol–water partition coefficient (Wildman–Crippen LogP) is 9.59. The number of nitrogens with zero attached hydrogens (tertiary/aromatic N) is 2. The van der Waals surface area contributed by atoms with Gasteiger partial charge in [0.15, 0.2) is 0 Å². The molecule has 0 saturated carbocycles. The maximum absolute atomic E-state index is 5.08. The number of pyridine rings is 1. The molecule has 0 aliphatic rings. The first-order chi connectivity index (χ1) is 18.3. The van der Waals surface area contributed by atoms with Crippen molar-refractivity contribution in [2.24, 2.45) is 0 Å². The van der Waals surface area contributed by atoms with Gasteiger partial charge in [0.25, 0.3) is 0 Å². The summed E-state index contributed by atoms with van der Waals surface area (Å²) < 4.78 is 2.32. The predicted molar refractivity (Wildman–Crippen MR) is 159 cm³/mol. The molecule has 2 heterocycles. The van der Waals surface area contributed by atoms with Crippen molar-refractivity contribution in [1.82, 2.24) is 9.38 Å². The van der Waals surface area contributed by atoms with Crippen molar-refractivity contribution in [3.05, 3.63) is 127 Å². The minimum atomic E-state index is 1.01. The molecule has 5 aromatic carbocycles. The Morgan fingerprint density at radius 1 is 0.676 bits per heavy atom. The number of para-hydroxylation sites is 2. The summed E-state index contributed by atoms with van der Waals surface area (Å²) >= 11 is 0. The van der Waals surface area contributed by atoms with Crippen LogP contribution in [0.15, 0.2) is 121 Å². The number of fused-ring (bicyclic) bond motifs is 10. The molecule has 0 saturated heterocycles. The summed E-state index contributed by atoms with van der Waals surface area (Å²) in [5.74, 6) is 0. The van der Waals surface area contributed by atoms with Crippen LogP contribution in [0.25, 0.3) is 65.8 Å². The standard InChI is InChI=1S/C35H26N2/c1-3-9-23(4-2)24-14-16-25(17-15-24)27-19-21-32-30(22-27)34-28-11-6-5-10-26(28)18-20-29(34)35-36-31-12-7-8-13-33(31)37(32)35/h3-22H,1-2H3/b9-3-,23-4+. The number of imidazole rings is 1. The van der Waals surface area contributed by atoms with Gasteiger partial charge in [-0.25, -0.2) is 4.98 Å². The van der Waals surface area contributed by atoms with Crippen LogP contribution in [0, 0.1) is 0 Å². The zero-order valence-corrected chi connectivity index (χ0v) is 20.9. The van der Waals surface area contributed by atoms with E-state index in [4.69, 9.17) is 4.98 Å². The number of aromatic nitrogens is 2. The molecule has 0 spiro atoms. The lowest BCUT2D eigenvalue weighted by Crippen LogP contribution is -1.93. The zero-order valence-electron chi connectivity index (χ0n) is 20.9. The van der Waals surface area contributed by atoms with Gasteiger partial charge in [0.2, 0.25) is 0 Å². The van der Waals surface area contributed by atoms with Gasteiger partial charge in [-0.3, -0.25) is 4.40 Å². The van der Waals surface area contributed by atoms with Crippen LogP contribution in [0.1, 0.15) is 19.4 Å². The molecule has 2 nitrogen and oxygen atoms in total. The fraction of sp³-hybridized carbons (Fsp3) is 0.0571. The van der Waals surface area contributed by atoms with Crippen LogP contribution in [0.3, 0.4) is 0 Å². The highest BCUT2D eigenvalue weighted by molar-refractivity contribution is 6.24. The molecule has 0 radical (unpaired) electrons. The van der Waals surface area contributed by atoms with Crippen LogP contribution in [0.5, 0.6) is 0 Å². The summed E-state index contributed by atoms with van der Waals surface area (Å²) in [4.78, 5) is 5.08. The molecule has 2 aromatic heterocycles. The molecule has 7 aromatic rings. The molecule has 7 rings (SSSR count). The van der Waals surface area contributed by atoms with Crippen molar-refractivity contribution in [1.29, 1.82) is 0 Å². The molecular formula is C35H26N2. The van der Waals surface area contributed by atoms with Crippen LogP contribution < -0.4 is 0 Å². The number of rotatable bonds is 3. The Kier molecular flexibility index (Phi) is 4.93. The van der Waals surface area contributed by atoms with E-state index in [1.165, 1.54) is 54.7 Å². The largest absolute Gasteiger partial charge is 0.292 e. The van der Waals surface area contributed by atoms with E-state index < -0.39 is 0 Å². The minimum Gasteiger partial charge on any atom is -0.292 e. The first kappa shape index (κ1) is 21.6. The maximum atomic E-state index is 5.08. The van der Waals surface area contributed by atoms with Crippen molar-refractivity contribution in [2.45, 2.75) is 13.8 Å². The lowest BCUT2D eigenvalue weighted by molar-refractivity contribution is 1.32. The molecule has 0 amide bonds. The molecule has 0 bridgehead atoms. The highest BCUT2D eigenvalue weighted by Crippen LogP contribution is 2.38. The topological polar surface area (TPSA) is 17.3 Å². The first-order valence-corrected chi connectivity index (χ1v) is 12.8. The van der Waals surface area contributed by atoms with Gasteiger partial charge in [-0.2, -0.15) is 0 Å². The summed E-state index contributed by atoms with van der Waals surface area (Å²) in [6.07, 6.45) is 6.40. The van der Waals surface area contributed by atoms with Crippen molar-refractivity contribution >= 4 is 54.7 Å². The number of hydrogen-bond acceptors (Lipinski definition) is 1. The van der Waals surface area contributed by atoms with E-state index in [2.05, 4.69) is 140 Å². The van der Waals surface area contributed by atoms with Crippen LogP contribution in [0.4, 0.5) is 0 Å². The zero-order chi connectivity index (χ0) is 24.9. The third-order valence-corrected chi connectivity index (χ3v) is 7.45. The molecule has 0 atom stereocenters. The van der Waals surface area contributed by atoms with Crippen LogP contribution >= 0.6 is 0 Å². The van der Waals surface area contributed by atoms with Gasteiger partial charge in [-0.1, -0.05) is 91.0 Å². The fourth-order valence-corrected chi connectivity index (χ4v) is 5.70. The number of benzene rings is 5. The van der Waals surface area contributed by atoms with Gasteiger partial charge in [0.05, 0.1) is 16.6 Å². The van der Waals surface area contributed by atoms with E-state index in [-0.39, 0.29) is 0 Å². The van der Waals surface area contributed by atoms with Gasteiger partial charge < -0.3 is 0 Å². The van der Waals surface area contributed by atoms with E-state index >= 15 is 0 Å². The molecular weight excluding hydrogens is 448 g/mol. The average molecular weight is 475 g/mol. The van der Waals surface area contributed by atoms with Crippen molar-refractivity contribution in [3.63, 3.8) is 0 Å². The third-order valence-electron chi connectivity index (χ3n) is 7.45. The first-order valence-electron chi connectivity index (χ1n) is 12.8. The Hall–Kier alpha value is -4.69. The van der Waals surface area contributed by atoms with Gasteiger partial charge in [-0.05, 0) is 77.2 Å². The quantitative estimate of drug-likeness (QED) is 0.184. The minimum absolute atomic E-state index is 1.01. The summed E-state index contributed by atoms with van der Waals surface area (Å²) in [6, 6.07) is 37.3. The Bertz CT molecular complexity index is 2040. The normalized spacial score (nSPS) is 12.6. The molecule has 2 heteroatoms. The van der Waals surface area contributed by atoms with Crippen LogP contribution in [-0.2, 0) is 0 Å². The van der Waals surface area contributed by atoms with Crippen LogP contribution in [0.2, 0.25) is 0 Å². The monoisotopic (exact) mass is 474 g/mol. The molecule has 0 N–H and O–H groups in total. The smallest absolute Gasteiger partial charge is 0.146 e. The second-order valence-corrected chi connectivity index (χ2v) is 9.52. The Morgan fingerprint density at radius 2 is 1.46 bits per heavy atom. The van der Waals surface area contributed by atoms with Crippen molar-refractivity contribution in [3.8, 4) is 11.1 Å². The molecule has 0 aliphatic heterocycles. The Labute approximate surface area is 215 Å². The van der Waals surface area contributed by atoms with E-state index in [0.717, 1.165) is 16.7 Å². The van der Waals surface area contributed by atoms with Gasteiger partial charge >= 0.3 is 0 Å². The molecule has 176 valence electrons. The second kappa shape index (κ2) is 8.46. The maximum Gasteiger partial charge on any atom is 0.146 e. The fourth-order valence-electron chi connectivity index (χ4n) is 5.70. The molecule has 0 unspecified atom stereocenters. The summed E-state index contributed by atoms with van der Waals surface area (Å²) in [6.45, 7) is 4.14. The lowest BCUT2D eigenvalue weighted by Gasteiger charge is -2.13. The summed E-state index contributed by atoms with van der Waals surface area (Å²) in [5.41, 5.74) is 9.23. The highest BCUT2D eigenvalue weighted by atomic mass is 15.0. The summed E-state index contributed by atoms with van der Waals surface area (Å²) in [5, 5.41) is 6.19.